The summed E-state index contributed by atoms with van der Waals surface area (Å²) in [6.45, 7) is 3.61. The Bertz CT molecular complexity index is 435. The van der Waals surface area contributed by atoms with Gasteiger partial charge in [-0.3, -0.25) is 0 Å². The minimum atomic E-state index is -0.656. The molecule has 1 rings (SSSR count). The molecule has 0 aliphatic heterocycles. The molecule has 0 saturated carbocycles. The first-order valence-electron chi connectivity index (χ1n) is 4.80. The molecule has 3 nitrogen and oxygen atoms in total. The molecular formula is C12H14ClNO2. The molecule has 0 radical (unpaired) electrons. The van der Waals surface area contributed by atoms with E-state index in [2.05, 4.69) is 6.07 Å². The van der Waals surface area contributed by atoms with Gasteiger partial charge in [-0.1, -0.05) is 17.7 Å². The Kier molecular flexibility index (Phi) is 3.66. The average Bonchev–Trinajstić information content (AvgIpc) is 2.28. The van der Waals surface area contributed by atoms with E-state index in [1.54, 1.807) is 33.1 Å². The van der Waals surface area contributed by atoms with Crippen LogP contribution >= 0.6 is 11.6 Å². The van der Waals surface area contributed by atoms with Crippen LogP contribution in [0.1, 0.15) is 19.4 Å². The number of hydrogen-bond acceptors (Lipinski definition) is 3. The van der Waals surface area contributed by atoms with Crippen molar-refractivity contribution in [2.45, 2.75) is 19.3 Å². The Morgan fingerprint density at radius 3 is 2.31 bits per heavy atom. The second kappa shape index (κ2) is 4.63. The molecule has 1 aromatic rings. The molecule has 0 spiro atoms. The van der Waals surface area contributed by atoms with Crippen molar-refractivity contribution in [3.05, 3.63) is 22.7 Å². The summed E-state index contributed by atoms with van der Waals surface area (Å²) in [6.07, 6.45) is 0. The molecule has 86 valence electrons. The Morgan fingerprint density at radius 1 is 1.25 bits per heavy atom. The Balaban J connectivity index is 3.42. The topological polar surface area (TPSA) is 42.2 Å². The van der Waals surface area contributed by atoms with Gasteiger partial charge in [0.05, 0.1) is 30.7 Å². The molecule has 0 amide bonds. The number of rotatable bonds is 3. The van der Waals surface area contributed by atoms with Crippen molar-refractivity contribution in [3.63, 3.8) is 0 Å². The maximum Gasteiger partial charge on any atom is 0.179 e. The van der Waals surface area contributed by atoms with E-state index in [9.17, 15) is 0 Å². The van der Waals surface area contributed by atoms with Crippen LogP contribution in [0, 0.1) is 11.3 Å². The van der Waals surface area contributed by atoms with Crippen LogP contribution in [-0.2, 0) is 5.41 Å². The van der Waals surface area contributed by atoms with Gasteiger partial charge in [-0.05, 0) is 25.5 Å². The summed E-state index contributed by atoms with van der Waals surface area (Å²) in [5.41, 5.74) is 0.0747. The lowest BCUT2D eigenvalue weighted by Gasteiger charge is -2.20. The Morgan fingerprint density at radius 2 is 1.88 bits per heavy atom. The molecule has 0 aliphatic rings. The van der Waals surface area contributed by atoms with Crippen molar-refractivity contribution in [1.82, 2.24) is 0 Å². The number of methoxy groups -OCH3 is 2. The highest BCUT2D eigenvalue weighted by atomic mass is 35.5. The zero-order valence-electron chi connectivity index (χ0n) is 9.80. The molecule has 0 unspecified atom stereocenters. The monoisotopic (exact) mass is 239 g/mol. The van der Waals surface area contributed by atoms with Gasteiger partial charge in [0.2, 0.25) is 0 Å². The van der Waals surface area contributed by atoms with E-state index in [1.165, 1.54) is 7.11 Å². The summed E-state index contributed by atoms with van der Waals surface area (Å²) < 4.78 is 10.3. The quantitative estimate of drug-likeness (QED) is 0.814. The van der Waals surface area contributed by atoms with Gasteiger partial charge in [0.1, 0.15) is 0 Å². The highest BCUT2D eigenvalue weighted by Gasteiger charge is 2.26. The number of halogens is 1. The molecule has 0 aromatic heterocycles. The van der Waals surface area contributed by atoms with Gasteiger partial charge in [-0.15, -0.1) is 0 Å². The lowest BCUT2D eigenvalue weighted by molar-refractivity contribution is 0.354. The maximum absolute atomic E-state index is 9.08. The predicted octanol–water partition coefficient (Wildman–Crippen LogP) is 3.16. The Labute approximate surface area is 101 Å². The molecule has 0 atom stereocenters. The summed E-state index contributed by atoms with van der Waals surface area (Å²) in [6, 6.07) is 5.74. The normalized spacial score (nSPS) is 10.8. The van der Waals surface area contributed by atoms with Gasteiger partial charge in [-0.25, -0.2) is 0 Å². The standard InChI is InChI=1S/C12H14ClNO2/c1-12(2,7-14)8-5-6-9(15-3)11(16-4)10(8)13/h5-6H,1-4H3. The van der Waals surface area contributed by atoms with Crippen LogP contribution in [0.4, 0.5) is 0 Å². The third-order valence-corrected chi connectivity index (χ3v) is 2.81. The number of nitriles is 1. The largest absolute Gasteiger partial charge is 0.493 e. The summed E-state index contributed by atoms with van der Waals surface area (Å²) in [5, 5.41) is 9.51. The lowest BCUT2D eigenvalue weighted by atomic mass is 9.86. The zero-order valence-corrected chi connectivity index (χ0v) is 10.6. The summed E-state index contributed by atoms with van der Waals surface area (Å²) in [5.74, 6) is 1.02. The third kappa shape index (κ3) is 2.07. The Hall–Kier alpha value is -1.40. The van der Waals surface area contributed by atoms with Crippen molar-refractivity contribution in [3.8, 4) is 17.6 Å². The van der Waals surface area contributed by atoms with Crippen LogP contribution in [0.15, 0.2) is 12.1 Å². The fourth-order valence-corrected chi connectivity index (χ4v) is 1.90. The fraction of sp³-hybridized carbons (Fsp3) is 0.417. The molecule has 0 heterocycles. The van der Waals surface area contributed by atoms with E-state index in [4.69, 9.17) is 26.3 Å². The molecule has 16 heavy (non-hydrogen) atoms. The van der Waals surface area contributed by atoms with Crippen molar-refractivity contribution < 1.29 is 9.47 Å². The molecule has 0 fully saturated rings. The summed E-state index contributed by atoms with van der Waals surface area (Å²) >= 11 is 6.20. The molecule has 0 saturated heterocycles. The van der Waals surface area contributed by atoms with Crippen LogP contribution in [-0.4, -0.2) is 14.2 Å². The van der Waals surface area contributed by atoms with E-state index < -0.39 is 5.41 Å². The van der Waals surface area contributed by atoms with Gasteiger partial charge in [0.15, 0.2) is 11.5 Å². The van der Waals surface area contributed by atoms with Crippen molar-refractivity contribution >= 4 is 11.6 Å². The predicted molar refractivity (Wildman–Crippen MR) is 63.2 cm³/mol. The SMILES string of the molecule is COc1ccc(C(C)(C)C#N)c(Cl)c1OC. The molecule has 4 heteroatoms. The van der Waals surface area contributed by atoms with Gasteiger partial charge in [0, 0.05) is 0 Å². The number of benzene rings is 1. The van der Waals surface area contributed by atoms with E-state index >= 15 is 0 Å². The van der Waals surface area contributed by atoms with Crippen LogP contribution in [0.5, 0.6) is 11.5 Å². The highest BCUT2D eigenvalue weighted by molar-refractivity contribution is 6.33. The van der Waals surface area contributed by atoms with Gasteiger partial charge in [0.25, 0.3) is 0 Å². The summed E-state index contributed by atoms with van der Waals surface area (Å²) in [4.78, 5) is 0. The second-order valence-corrected chi connectivity index (χ2v) is 4.28. The van der Waals surface area contributed by atoms with Gasteiger partial charge in [-0.2, -0.15) is 5.26 Å². The van der Waals surface area contributed by atoms with E-state index in [1.807, 2.05) is 0 Å². The summed E-state index contributed by atoms with van der Waals surface area (Å²) in [7, 11) is 3.07. The van der Waals surface area contributed by atoms with Crippen LogP contribution < -0.4 is 9.47 Å². The van der Waals surface area contributed by atoms with E-state index in [0.717, 1.165) is 5.56 Å². The maximum atomic E-state index is 9.08. The fourth-order valence-electron chi connectivity index (χ4n) is 1.43. The zero-order chi connectivity index (χ0) is 12.3. The second-order valence-electron chi connectivity index (χ2n) is 3.90. The molecule has 0 N–H and O–H groups in total. The molecule has 1 aromatic carbocycles. The number of ether oxygens (including phenoxy) is 2. The van der Waals surface area contributed by atoms with Crippen molar-refractivity contribution in [2.75, 3.05) is 14.2 Å². The molecular weight excluding hydrogens is 226 g/mol. The van der Waals surface area contributed by atoms with Gasteiger partial charge < -0.3 is 9.47 Å². The minimum Gasteiger partial charge on any atom is -0.493 e. The van der Waals surface area contributed by atoms with E-state index in [-0.39, 0.29) is 0 Å². The highest BCUT2D eigenvalue weighted by Crippen LogP contribution is 2.41. The van der Waals surface area contributed by atoms with E-state index in [0.29, 0.717) is 16.5 Å². The van der Waals surface area contributed by atoms with Crippen molar-refractivity contribution in [2.24, 2.45) is 0 Å². The van der Waals surface area contributed by atoms with Crippen LogP contribution in [0.3, 0.4) is 0 Å². The van der Waals surface area contributed by atoms with Crippen LogP contribution in [0.2, 0.25) is 5.02 Å². The van der Waals surface area contributed by atoms with Gasteiger partial charge >= 0.3 is 0 Å². The number of hydrogen-bond donors (Lipinski definition) is 0. The first kappa shape index (κ1) is 12.7. The first-order valence-corrected chi connectivity index (χ1v) is 5.18. The molecule has 0 bridgehead atoms. The van der Waals surface area contributed by atoms with Crippen molar-refractivity contribution in [1.29, 1.82) is 5.26 Å². The van der Waals surface area contributed by atoms with Crippen LogP contribution in [0.25, 0.3) is 0 Å². The lowest BCUT2D eigenvalue weighted by Crippen LogP contribution is -2.15. The minimum absolute atomic E-state index is 0.424. The first-order chi connectivity index (χ1) is 7.47. The number of nitrogens with zero attached hydrogens (tertiary/aromatic N) is 1. The smallest absolute Gasteiger partial charge is 0.179 e. The average molecular weight is 240 g/mol. The third-order valence-electron chi connectivity index (χ3n) is 2.44. The molecule has 0 aliphatic carbocycles.